The van der Waals surface area contributed by atoms with Crippen molar-refractivity contribution in [1.29, 1.82) is 0 Å². The molecular formula is C18H19NO4. The van der Waals surface area contributed by atoms with E-state index in [1.54, 1.807) is 30.3 Å². The summed E-state index contributed by atoms with van der Waals surface area (Å²) >= 11 is 0. The topological polar surface area (TPSA) is 64.6 Å². The standard InChI is InChI=1S/C18H19NO4/c1-12-8-9-13(2)14(10-12)18(21)23-11-17(20)19-15-6-4-5-7-16(15)22-3/h4-10H,11H2,1-3H3,(H,19,20). The first kappa shape index (κ1) is 16.5. The minimum atomic E-state index is -0.513. The monoisotopic (exact) mass is 313 g/mol. The number of amides is 1. The zero-order valence-electron chi connectivity index (χ0n) is 13.4. The fourth-order valence-corrected chi connectivity index (χ4v) is 2.10. The Bertz CT molecular complexity index is 725. The molecule has 0 aliphatic heterocycles. The van der Waals surface area contributed by atoms with Crippen LogP contribution in [0.25, 0.3) is 0 Å². The molecule has 23 heavy (non-hydrogen) atoms. The zero-order valence-corrected chi connectivity index (χ0v) is 13.4. The Morgan fingerprint density at radius 3 is 2.57 bits per heavy atom. The third kappa shape index (κ3) is 4.32. The summed E-state index contributed by atoms with van der Waals surface area (Å²) in [6, 6.07) is 12.5. The Morgan fingerprint density at radius 1 is 1.09 bits per heavy atom. The minimum Gasteiger partial charge on any atom is -0.495 e. The smallest absolute Gasteiger partial charge is 0.338 e. The van der Waals surface area contributed by atoms with Crippen LogP contribution in [0.4, 0.5) is 5.69 Å². The number of rotatable bonds is 5. The number of methoxy groups -OCH3 is 1. The number of esters is 1. The van der Waals surface area contributed by atoms with Crippen molar-refractivity contribution in [3.63, 3.8) is 0 Å². The molecule has 1 amide bonds. The predicted octanol–water partition coefficient (Wildman–Crippen LogP) is 3.11. The van der Waals surface area contributed by atoms with Gasteiger partial charge in [0.25, 0.3) is 5.91 Å². The van der Waals surface area contributed by atoms with Crippen LogP contribution >= 0.6 is 0 Å². The van der Waals surface area contributed by atoms with E-state index in [0.29, 0.717) is 17.0 Å². The molecule has 0 unspecified atom stereocenters. The van der Waals surface area contributed by atoms with Gasteiger partial charge in [0.05, 0.1) is 18.4 Å². The van der Waals surface area contributed by atoms with Gasteiger partial charge in [-0.15, -0.1) is 0 Å². The van der Waals surface area contributed by atoms with Gasteiger partial charge in [-0.05, 0) is 37.6 Å². The summed E-state index contributed by atoms with van der Waals surface area (Å²) in [4.78, 5) is 24.0. The number of anilines is 1. The van der Waals surface area contributed by atoms with Crippen LogP contribution < -0.4 is 10.1 Å². The second-order valence-corrected chi connectivity index (χ2v) is 5.14. The molecule has 0 spiro atoms. The molecule has 5 heteroatoms. The van der Waals surface area contributed by atoms with Gasteiger partial charge in [-0.2, -0.15) is 0 Å². The van der Waals surface area contributed by atoms with Gasteiger partial charge < -0.3 is 14.8 Å². The number of carbonyl (C=O) groups excluding carboxylic acids is 2. The summed E-state index contributed by atoms with van der Waals surface area (Å²) in [6.45, 7) is 3.36. The normalized spacial score (nSPS) is 10.0. The predicted molar refractivity (Wildman–Crippen MR) is 87.8 cm³/mol. The van der Waals surface area contributed by atoms with Crippen molar-refractivity contribution >= 4 is 17.6 Å². The van der Waals surface area contributed by atoms with Crippen molar-refractivity contribution in [1.82, 2.24) is 0 Å². The summed E-state index contributed by atoms with van der Waals surface area (Å²) in [7, 11) is 1.52. The van der Waals surface area contributed by atoms with Crippen molar-refractivity contribution in [2.24, 2.45) is 0 Å². The van der Waals surface area contributed by atoms with Gasteiger partial charge in [0.2, 0.25) is 0 Å². The van der Waals surface area contributed by atoms with Crippen molar-refractivity contribution in [3.8, 4) is 5.75 Å². The fraction of sp³-hybridized carbons (Fsp3) is 0.222. The van der Waals surface area contributed by atoms with Crippen LogP contribution in [-0.4, -0.2) is 25.6 Å². The number of hydrogen-bond acceptors (Lipinski definition) is 4. The second-order valence-electron chi connectivity index (χ2n) is 5.14. The van der Waals surface area contributed by atoms with Crippen LogP contribution in [0.1, 0.15) is 21.5 Å². The Labute approximate surface area is 135 Å². The molecule has 2 aromatic carbocycles. The summed E-state index contributed by atoms with van der Waals surface area (Å²) in [5.74, 6) is -0.392. The third-order valence-corrected chi connectivity index (χ3v) is 3.33. The maximum atomic E-state index is 12.1. The first-order valence-corrected chi connectivity index (χ1v) is 7.18. The summed E-state index contributed by atoms with van der Waals surface area (Å²) < 4.78 is 10.2. The summed E-state index contributed by atoms with van der Waals surface area (Å²) in [6.07, 6.45) is 0. The number of carbonyl (C=O) groups is 2. The molecular weight excluding hydrogens is 294 g/mol. The molecule has 0 saturated heterocycles. The summed E-state index contributed by atoms with van der Waals surface area (Å²) in [5.41, 5.74) is 2.77. The first-order valence-electron chi connectivity index (χ1n) is 7.18. The van der Waals surface area contributed by atoms with Crippen LogP contribution in [-0.2, 0) is 9.53 Å². The van der Waals surface area contributed by atoms with E-state index < -0.39 is 11.9 Å². The fourth-order valence-electron chi connectivity index (χ4n) is 2.10. The lowest BCUT2D eigenvalue weighted by Crippen LogP contribution is -2.21. The number of nitrogens with one attached hydrogen (secondary N) is 1. The van der Waals surface area contributed by atoms with Gasteiger partial charge in [0.1, 0.15) is 5.75 Å². The lowest BCUT2D eigenvalue weighted by atomic mass is 10.1. The summed E-state index contributed by atoms with van der Waals surface area (Å²) in [5, 5.41) is 2.65. The van der Waals surface area contributed by atoms with Gasteiger partial charge in [0.15, 0.2) is 6.61 Å². The molecule has 2 rings (SSSR count). The second kappa shape index (κ2) is 7.45. The lowest BCUT2D eigenvalue weighted by molar-refractivity contribution is -0.119. The van der Waals surface area contributed by atoms with Crippen molar-refractivity contribution < 1.29 is 19.1 Å². The molecule has 0 aromatic heterocycles. The average molecular weight is 313 g/mol. The Balaban J connectivity index is 1.96. The quantitative estimate of drug-likeness (QED) is 0.861. The number of benzene rings is 2. The molecule has 0 radical (unpaired) electrons. The molecule has 0 fully saturated rings. The van der Waals surface area contributed by atoms with E-state index in [9.17, 15) is 9.59 Å². The van der Waals surface area contributed by atoms with E-state index in [0.717, 1.165) is 11.1 Å². The van der Waals surface area contributed by atoms with Crippen LogP contribution in [0, 0.1) is 13.8 Å². The Hall–Kier alpha value is -2.82. The molecule has 0 bridgehead atoms. The Kier molecular flexibility index (Phi) is 5.36. The third-order valence-electron chi connectivity index (χ3n) is 3.33. The van der Waals surface area contributed by atoms with E-state index >= 15 is 0 Å². The van der Waals surface area contributed by atoms with Crippen LogP contribution in [0.15, 0.2) is 42.5 Å². The molecule has 1 N–H and O–H groups in total. The maximum Gasteiger partial charge on any atom is 0.338 e. The molecule has 0 atom stereocenters. The number of aryl methyl sites for hydroxylation is 2. The molecule has 0 heterocycles. The van der Waals surface area contributed by atoms with Crippen molar-refractivity contribution in [2.75, 3.05) is 19.0 Å². The highest BCUT2D eigenvalue weighted by atomic mass is 16.5. The van der Waals surface area contributed by atoms with E-state index in [1.807, 2.05) is 26.0 Å². The molecule has 0 aliphatic carbocycles. The Morgan fingerprint density at radius 2 is 1.83 bits per heavy atom. The zero-order chi connectivity index (χ0) is 16.8. The minimum absolute atomic E-state index is 0.357. The van der Waals surface area contributed by atoms with Gasteiger partial charge in [0, 0.05) is 0 Å². The highest BCUT2D eigenvalue weighted by molar-refractivity contribution is 5.96. The maximum absolute atomic E-state index is 12.1. The van der Waals surface area contributed by atoms with E-state index in [-0.39, 0.29) is 6.61 Å². The number of hydrogen-bond donors (Lipinski definition) is 1. The van der Waals surface area contributed by atoms with Gasteiger partial charge >= 0.3 is 5.97 Å². The molecule has 120 valence electrons. The highest BCUT2D eigenvalue weighted by Crippen LogP contribution is 2.22. The number of ether oxygens (including phenoxy) is 2. The lowest BCUT2D eigenvalue weighted by Gasteiger charge is -2.11. The number of para-hydroxylation sites is 2. The van der Waals surface area contributed by atoms with Crippen LogP contribution in [0.3, 0.4) is 0 Å². The van der Waals surface area contributed by atoms with E-state index in [4.69, 9.17) is 9.47 Å². The molecule has 5 nitrogen and oxygen atoms in total. The van der Waals surface area contributed by atoms with E-state index in [1.165, 1.54) is 7.11 Å². The molecule has 2 aromatic rings. The highest BCUT2D eigenvalue weighted by Gasteiger charge is 2.14. The molecule has 0 aliphatic rings. The van der Waals surface area contributed by atoms with Crippen molar-refractivity contribution in [2.45, 2.75) is 13.8 Å². The van der Waals surface area contributed by atoms with Gasteiger partial charge in [-0.3, -0.25) is 4.79 Å². The van der Waals surface area contributed by atoms with Crippen LogP contribution in [0.5, 0.6) is 5.75 Å². The SMILES string of the molecule is COc1ccccc1NC(=O)COC(=O)c1cc(C)ccc1C. The largest absolute Gasteiger partial charge is 0.495 e. The van der Waals surface area contributed by atoms with E-state index in [2.05, 4.69) is 5.32 Å². The first-order chi connectivity index (χ1) is 11.0. The van der Waals surface area contributed by atoms with Gasteiger partial charge in [-0.1, -0.05) is 29.8 Å². The van der Waals surface area contributed by atoms with Crippen LogP contribution in [0.2, 0.25) is 0 Å². The average Bonchev–Trinajstić information content (AvgIpc) is 2.55. The van der Waals surface area contributed by atoms with Crippen molar-refractivity contribution in [3.05, 3.63) is 59.2 Å². The molecule has 0 saturated carbocycles. The van der Waals surface area contributed by atoms with Gasteiger partial charge in [-0.25, -0.2) is 4.79 Å².